The van der Waals surface area contributed by atoms with E-state index in [1.54, 1.807) is 0 Å². The Balaban J connectivity index is 2.28. The van der Waals surface area contributed by atoms with Gasteiger partial charge in [0.15, 0.2) is 0 Å². The second-order valence-electron chi connectivity index (χ2n) is 4.00. The van der Waals surface area contributed by atoms with Crippen LogP contribution in [0.4, 0.5) is 0 Å². The molecule has 0 aromatic carbocycles. The molecule has 1 saturated carbocycles. The Labute approximate surface area is 87.6 Å². The fraction of sp³-hybridized carbons (Fsp3) is 0.545. The average molecular weight is 210 g/mol. The second-order valence-corrected chi connectivity index (χ2v) is 4.92. The lowest BCUT2D eigenvalue weighted by molar-refractivity contribution is 0.0357. The molecular weight excluding hydrogens is 196 g/mol. The zero-order valence-corrected chi connectivity index (χ0v) is 9.06. The molecule has 14 heavy (non-hydrogen) atoms. The number of carbonyl (C=O) groups is 1. The maximum atomic E-state index is 12.0. The van der Waals surface area contributed by atoms with Crippen molar-refractivity contribution in [3.8, 4) is 0 Å². The van der Waals surface area contributed by atoms with E-state index in [9.17, 15) is 9.90 Å². The van der Waals surface area contributed by atoms with Gasteiger partial charge in [-0.05, 0) is 49.6 Å². The van der Waals surface area contributed by atoms with Gasteiger partial charge < -0.3 is 5.11 Å². The zero-order chi connectivity index (χ0) is 10.2. The number of thiophene rings is 1. The van der Waals surface area contributed by atoms with Crippen LogP contribution in [0.25, 0.3) is 0 Å². The lowest BCUT2D eigenvalue weighted by Crippen LogP contribution is -2.35. The maximum absolute atomic E-state index is 12.0. The van der Waals surface area contributed by atoms with Crippen LogP contribution in [-0.2, 0) is 0 Å². The zero-order valence-electron chi connectivity index (χ0n) is 8.25. The average Bonchev–Trinajstić information content (AvgIpc) is 2.74. The first-order valence-electron chi connectivity index (χ1n) is 4.95. The van der Waals surface area contributed by atoms with Gasteiger partial charge in [0.1, 0.15) is 5.60 Å². The molecule has 0 bridgehead atoms. The summed E-state index contributed by atoms with van der Waals surface area (Å²) < 4.78 is 0. The van der Waals surface area contributed by atoms with Crippen molar-refractivity contribution < 1.29 is 9.90 Å². The third-order valence-electron chi connectivity index (χ3n) is 2.92. The van der Waals surface area contributed by atoms with Gasteiger partial charge in [-0.2, -0.15) is 0 Å². The first kappa shape index (κ1) is 9.87. The fourth-order valence-corrected chi connectivity index (χ4v) is 2.96. The summed E-state index contributed by atoms with van der Waals surface area (Å²) in [6, 6.07) is 1.93. The van der Waals surface area contributed by atoms with Crippen molar-refractivity contribution in [2.24, 2.45) is 0 Å². The summed E-state index contributed by atoms with van der Waals surface area (Å²) in [4.78, 5) is 12.7. The maximum Gasteiger partial charge on any atom is 0.204 e. The monoisotopic (exact) mass is 210 g/mol. The van der Waals surface area contributed by atoms with Crippen LogP contribution in [0.3, 0.4) is 0 Å². The number of hydrogen-bond acceptors (Lipinski definition) is 3. The van der Waals surface area contributed by atoms with Crippen LogP contribution in [0.15, 0.2) is 11.4 Å². The van der Waals surface area contributed by atoms with Gasteiger partial charge >= 0.3 is 0 Å². The van der Waals surface area contributed by atoms with E-state index in [1.165, 1.54) is 11.3 Å². The first-order valence-corrected chi connectivity index (χ1v) is 5.83. The summed E-state index contributed by atoms with van der Waals surface area (Å²) in [6.07, 6.45) is 3.19. The molecule has 0 spiro atoms. The Morgan fingerprint density at radius 3 is 2.64 bits per heavy atom. The van der Waals surface area contributed by atoms with E-state index < -0.39 is 5.60 Å². The minimum atomic E-state index is -1.06. The van der Waals surface area contributed by atoms with Crippen molar-refractivity contribution in [1.82, 2.24) is 0 Å². The van der Waals surface area contributed by atoms with Crippen LogP contribution >= 0.6 is 11.3 Å². The number of hydrogen-bond donors (Lipinski definition) is 1. The normalized spacial score (nSPS) is 19.9. The third kappa shape index (κ3) is 1.51. The molecule has 1 aromatic rings. The fourth-order valence-electron chi connectivity index (χ4n) is 2.00. The van der Waals surface area contributed by atoms with Gasteiger partial charge in [0, 0.05) is 0 Å². The molecule has 1 aliphatic carbocycles. The molecule has 1 fully saturated rings. The van der Waals surface area contributed by atoms with Crippen molar-refractivity contribution in [1.29, 1.82) is 0 Å². The Morgan fingerprint density at radius 2 is 2.14 bits per heavy atom. The molecule has 1 heterocycles. The lowest BCUT2D eigenvalue weighted by atomic mass is 9.94. The third-order valence-corrected chi connectivity index (χ3v) is 3.94. The number of rotatable bonds is 2. The largest absolute Gasteiger partial charge is 0.382 e. The van der Waals surface area contributed by atoms with Crippen molar-refractivity contribution in [2.45, 2.75) is 38.2 Å². The molecule has 0 aliphatic heterocycles. The number of ketones is 1. The highest BCUT2D eigenvalue weighted by atomic mass is 32.1. The van der Waals surface area contributed by atoms with Gasteiger partial charge in [-0.25, -0.2) is 0 Å². The molecule has 3 heteroatoms. The topological polar surface area (TPSA) is 37.3 Å². The van der Waals surface area contributed by atoms with Crippen molar-refractivity contribution in [3.63, 3.8) is 0 Å². The Morgan fingerprint density at radius 1 is 1.50 bits per heavy atom. The van der Waals surface area contributed by atoms with Crippen molar-refractivity contribution >= 4 is 17.1 Å². The van der Waals surface area contributed by atoms with Gasteiger partial charge in [-0.15, -0.1) is 11.3 Å². The predicted molar refractivity (Wildman–Crippen MR) is 56.8 cm³/mol. The van der Waals surface area contributed by atoms with E-state index >= 15 is 0 Å². The van der Waals surface area contributed by atoms with Crippen molar-refractivity contribution in [3.05, 3.63) is 21.9 Å². The summed E-state index contributed by atoms with van der Waals surface area (Å²) >= 11 is 1.43. The van der Waals surface area contributed by atoms with Crippen LogP contribution in [0.1, 0.15) is 40.9 Å². The molecule has 0 amide bonds. The molecule has 0 atom stereocenters. The standard InChI is InChI=1S/C11H14O2S/c1-8-4-7-14-9(8)10(12)11(13)5-2-3-6-11/h4,7,13H,2-3,5-6H2,1H3. The summed E-state index contributed by atoms with van der Waals surface area (Å²) in [5.41, 5.74) is -0.0735. The smallest absolute Gasteiger partial charge is 0.204 e. The minimum Gasteiger partial charge on any atom is -0.382 e. The number of Topliss-reactive ketones (excluding diaryl/α,β-unsaturated/α-hetero) is 1. The van der Waals surface area contributed by atoms with Crippen LogP contribution in [0, 0.1) is 6.92 Å². The molecule has 2 nitrogen and oxygen atoms in total. The van der Waals surface area contributed by atoms with Crippen LogP contribution < -0.4 is 0 Å². The molecule has 1 N–H and O–H groups in total. The first-order chi connectivity index (χ1) is 6.63. The van der Waals surface area contributed by atoms with E-state index in [0.717, 1.165) is 23.3 Å². The Kier molecular flexibility index (Phi) is 2.45. The van der Waals surface area contributed by atoms with E-state index in [1.807, 2.05) is 18.4 Å². The van der Waals surface area contributed by atoms with Crippen LogP contribution in [0.2, 0.25) is 0 Å². The van der Waals surface area contributed by atoms with Crippen molar-refractivity contribution in [2.75, 3.05) is 0 Å². The Hall–Kier alpha value is -0.670. The molecule has 1 aliphatic rings. The number of aliphatic hydroxyl groups is 1. The molecule has 1 aromatic heterocycles. The molecule has 0 unspecified atom stereocenters. The second kappa shape index (κ2) is 3.48. The van der Waals surface area contributed by atoms with E-state index in [4.69, 9.17) is 0 Å². The molecule has 76 valence electrons. The summed E-state index contributed by atoms with van der Waals surface area (Å²) in [7, 11) is 0. The van der Waals surface area contributed by atoms with E-state index in [0.29, 0.717) is 12.8 Å². The minimum absolute atomic E-state index is 0.0671. The van der Waals surface area contributed by atoms with E-state index in [-0.39, 0.29) is 5.78 Å². The van der Waals surface area contributed by atoms with E-state index in [2.05, 4.69) is 0 Å². The molecule has 0 saturated heterocycles. The van der Waals surface area contributed by atoms with Gasteiger partial charge in [0.25, 0.3) is 0 Å². The van der Waals surface area contributed by atoms with Gasteiger partial charge in [0.2, 0.25) is 5.78 Å². The van der Waals surface area contributed by atoms with Gasteiger partial charge in [-0.3, -0.25) is 4.79 Å². The summed E-state index contributed by atoms with van der Waals surface area (Å²) in [6.45, 7) is 1.92. The highest BCUT2D eigenvalue weighted by Crippen LogP contribution is 2.34. The SMILES string of the molecule is Cc1ccsc1C(=O)C1(O)CCCC1. The molecule has 0 radical (unpaired) electrons. The van der Waals surface area contributed by atoms with Crippen LogP contribution in [-0.4, -0.2) is 16.5 Å². The highest BCUT2D eigenvalue weighted by Gasteiger charge is 2.40. The molecular formula is C11H14O2S. The highest BCUT2D eigenvalue weighted by molar-refractivity contribution is 7.12. The lowest BCUT2D eigenvalue weighted by Gasteiger charge is -2.19. The number of carbonyl (C=O) groups excluding carboxylic acids is 1. The number of aryl methyl sites for hydroxylation is 1. The quantitative estimate of drug-likeness (QED) is 0.762. The van der Waals surface area contributed by atoms with Crippen LogP contribution in [0.5, 0.6) is 0 Å². The predicted octanol–water partition coefficient (Wildman–Crippen LogP) is 2.54. The van der Waals surface area contributed by atoms with Gasteiger partial charge in [-0.1, -0.05) is 0 Å². The van der Waals surface area contributed by atoms with Gasteiger partial charge in [0.05, 0.1) is 4.88 Å². The molecule has 2 rings (SSSR count). The Bertz CT molecular complexity index is 348. The summed E-state index contributed by atoms with van der Waals surface area (Å²) in [5, 5.41) is 12.0. The summed E-state index contributed by atoms with van der Waals surface area (Å²) in [5.74, 6) is -0.0671.